The van der Waals surface area contributed by atoms with Gasteiger partial charge < -0.3 is 11.1 Å². The van der Waals surface area contributed by atoms with Crippen LogP contribution in [0.5, 0.6) is 0 Å². The van der Waals surface area contributed by atoms with Crippen LogP contribution < -0.4 is 11.1 Å². The van der Waals surface area contributed by atoms with Crippen molar-refractivity contribution in [2.75, 3.05) is 11.1 Å². The molecule has 2 heterocycles. The van der Waals surface area contributed by atoms with Crippen LogP contribution >= 0.6 is 11.5 Å². The summed E-state index contributed by atoms with van der Waals surface area (Å²) in [6.45, 7) is 2.35. The minimum absolute atomic E-state index is 0.0894. The molecule has 0 saturated heterocycles. The highest BCUT2D eigenvalue weighted by Gasteiger charge is 2.40. The van der Waals surface area contributed by atoms with Gasteiger partial charge in [0.2, 0.25) is 0 Å². The van der Waals surface area contributed by atoms with Crippen molar-refractivity contribution in [3.8, 4) is 0 Å². The molecule has 6 nitrogen and oxygen atoms in total. The summed E-state index contributed by atoms with van der Waals surface area (Å²) < 4.78 is 28.8. The van der Waals surface area contributed by atoms with E-state index in [1.165, 1.54) is 0 Å². The molecule has 8 heteroatoms. The predicted molar refractivity (Wildman–Crippen MR) is 83.0 cm³/mol. The van der Waals surface area contributed by atoms with Crippen LogP contribution in [0, 0.1) is 6.92 Å². The van der Waals surface area contributed by atoms with Crippen molar-refractivity contribution in [2.24, 2.45) is 0 Å². The lowest BCUT2D eigenvalue weighted by Gasteiger charge is -2.07. The third kappa shape index (κ3) is 2.86. The van der Waals surface area contributed by atoms with E-state index in [-0.39, 0.29) is 16.0 Å². The number of hydrogen-bond acceptors (Lipinski definition) is 7. The monoisotopic (exact) mass is 324 g/mol. The molecule has 3 N–H and O–H groups in total. The summed E-state index contributed by atoms with van der Waals surface area (Å²) in [5.41, 5.74) is 7.52. The molecule has 0 unspecified atom stereocenters. The number of aromatic nitrogens is 2. The maximum Gasteiger partial charge on any atom is 0.187 e. The molecule has 1 saturated carbocycles. The molecular weight excluding hydrogens is 308 g/mol. The van der Waals surface area contributed by atoms with E-state index in [1.54, 1.807) is 0 Å². The highest BCUT2D eigenvalue weighted by molar-refractivity contribution is 7.92. The normalized spacial score (nSPS) is 15.1. The van der Waals surface area contributed by atoms with Gasteiger partial charge in [0.15, 0.2) is 15.7 Å². The number of sulfone groups is 1. The van der Waals surface area contributed by atoms with E-state index in [9.17, 15) is 8.42 Å². The molecule has 112 valence electrons. The second-order valence-electron chi connectivity index (χ2n) is 5.09. The van der Waals surface area contributed by atoms with Crippen molar-refractivity contribution < 1.29 is 8.42 Å². The van der Waals surface area contributed by atoms with Gasteiger partial charge in [0.25, 0.3) is 0 Å². The number of nitrogens with zero attached hydrogens (tertiary/aromatic N) is 2. The summed E-state index contributed by atoms with van der Waals surface area (Å²) in [7, 11) is -3.36. The molecule has 0 radical (unpaired) electrons. The Morgan fingerprint density at radius 3 is 2.86 bits per heavy atom. The Labute approximate surface area is 127 Å². The molecule has 3 rings (SSSR count). The lowest BCUT2D eigenvalue weighted by Crippen LogP contribution is -2.11. The van der Waals surface area contributed by atoms with E-state index in [4.69, 9.17) is 5.73 Å². The zero-order valence-electron chi connectivity index (χ0n) is 11.5. The molecule has 0 bridgehead atoms. The van der Waals surface area contributed by atoms with E-state index in [2.05, 4.69) is 14.7 Å². The summed E-state index contributed by atoms with van der Waals surface area (Å²) in [5, 5.41) is 3.31. The summed E-state index contributed by atoms with van der Waals surface area (Å²) in [4.78, 5) is 4.53. The molecule has 2 aromatic heterocycles. The Morgan fingerprint density at radius 2 is 2.19 bits per heavy atom. The summed E-state index contributed by atoms with van der Waals surface area (Å²) in [6, 6.07) is 5.72. The van der Waals surface area contributed by atoms with Crippen LogP contribution in [0.15, 0.2) is 23.1 Å². The third-order valence-corrected chi connectivity index (χ3v) is 6.58. The van der Waals surface area contributed by atoms with Crippen LogP contribution in [0.25, 0.3) is 0 Å². The highest BCUT2D eigenvalue weighted by atomic mass is 32.2. The van der Waals surface area contributed by atoms with Gasteiger partial charge in [-0.2, -0.15) is 4.37 Å². The van der Waals surface area contributed by atoms with E-state index < -0.39 is 9.84 Å². The number of nitrogens with two attached hydrogens (primary N) is 1. The standard InChI is InChI=1S/C13H16N4O2S2/c1-8-3-2-4-9(16-8)7-15-13-11(12(14)17-20-13)21(18,19)10-5-6-10/h2-4,10,15H,5-7H2,1H3,(H2,14,17). The first-order valence-corrected chi connectivity index (χ1v) is 8.96. The quantitative estimate of drug-likeness (QED) is 0.872. The van der Waals surface area contributed by atoms with E-state index in [0.717, 1.165) is 22.9 Å². The molecular formula is C13H16N4O2S2. The fraction of sp³-hybridized carbons (Fsp3) is 0.385. The molecule has 0 aliphatic heterocycles. The molecule has 1 aliphatic rings. The summed E-state index contributed by atoms with van der Waals surface area (Å²) in [6.07, 6.45) is 1.41. The lowest BCUT2D eigenvalue weighted by atomic mass is 10.3. The fourth-order valence-corrected chi connectivity index (χ4v) is 4.98. The number of rotatable bonds is 5. The number of hydrogen-bond donors (Lipinski definition) is 2. The number of aryl methyl sites for hydroxylation is 1. The maximum absolute atomic E-state index is 12.4. The first kappa shape index (κ1) is 14.3. The van der Waals surface area contributed by atoms with Crippen molar-refractivity contribution in [1.82, 2.24) is 9.36 Å². The zero-order chi connectivity index (χ0) is 15.0. The van der Waals surface area contributed by atoms with Crippen LogP contribution in [0.2, 0.25) is 0 Å². The minimum Gasteiger partial charge on any atom is -0.382 e. The Balaban J connectivity index is 1.84. The lowest BCUT2D eigenvalue weighted by molar-refractivity contribution is 0.595. The first-order chi connectivity index (χ1) is 9.98. The topological polar surface area (TPSA) is 98.0 Å². The number of anilines is 2. The van der Waals surface area contributed by atoms with E-state index >= 15 is 0 Å². The van der Waals surface area contributed by atoms with Gasteiger partial charge in [-0.05, 0) is 43.4 Å². The smallest absolute Gasteiger partial charge is 0.187 e. The van der Waals surface area contributed by atoms with Crippen LogP contribution in [0.1, 0.15) is 24.2 Å². The SMILES string of the molecule is Cc1cccc(CNc2snc(N)c2S(=O)(=O)C2CC2)n1. The number of nitrogen functional groups attached to an aromatic ring is 1. The maximum atomic E-state index is 12.4. The highest BCUT2D eigenvalue weighted by Crippen LogP contribution is 2.41. The Kier molecular flexibility index (Phi) is 3.58. The van der Waals surface area contributed by atoms with Gasteiger partial charge in [-0.25, -0.2) is 8.42 Å². The molecule has 21 heavy (non-hydrogen) atoms. The van der Waals surface area contributed by atoms with Gasteiger partial charge in [0.1, 0.15) is 9.90 Å². The fourth-order valence-electron chi connectivity index (χ4n) is 2.10. The molecule has 0 aromatic carbocycles. The summed E-state index contributed by atoms with van der Waals surface area (Å²) >= 11 is 1.08. The molecule has 1 fully saturated rings. The van der Waals surface area contributed by atoms with Gasteiger partial charge in [-0.3, -0.25) is 4.98 Å². The second kappa shape index (κ2) is 5.27. The van der Waals surface area contributed by atoms with Gasteiger partial charge in [-0.1, -0.05) is 6.07 Å². The number of pyridine rings is 1. The van der Waals surface area contributed by atoms with Crippen LogP contribution in [-0.2, 0) is 16.4 Å². The van der Waals surface area contributed by atoms with Crippen molar-refractivity contribution in [2.45, 2.75) is 36.5 Å². The van der Waals surface area contributed by atoms with Crippen molar-refractivity contribution >= 4 is 32.2 Å². The first-order valence-electron chi connectivity index (χ1n) is 6.64. The minimum atomic E-state index is -3.36. The van der Waals surface area contributed by atoms with Gasteiger partial charge in [0.05, 0.1) is 17.5 Å². The second-order valence-corrected chi connectivity index (χ2v) is 8.03. The van der Waals surface area contributed by atoms with Gasteiger partial charge in [-0.15, -0.1) is 0 Å². The molecule has 0 atom stereocenters. The molecule has 1 aliphatic carbocycles. The summed E-state index contributed by atoms with van der Waals surface area (Å²) in [5.74, 6) is 0.0894. The van der Waals surface area contributed by atoms with Crippen molar-refractivity contribution in [1.29, 1.82) is 0 Å². The van der Waals surface area contributed by atoms with Gasteiger partial charge >= 0.3 is 0 Å². The molecule has 2 aromatic rings. The van der Waals surface area contributed by atoms with Gasteiger partial charge in [0, 0.05) is 5.69 Å². The Hall–Kier alpha value is -1.67. The zero-order valence-corrected chi connectivity index (χ0v) is 13.2. The predicted octanol–water partition coefficient (Wildman–Crippen LogP) is 1.98. The molecule has 0 spiro atoms. The Bertz CT molecular complexity index is 766. The number of nitrogens with one attached hydrogen (secondary N) is 1. The third-order valence-electron chi connectivity index (χ3n) is 3.30. The van der Waals surface area contributed by atoms with E-state index in [1.807, 2.05) is 25.1 Å². The largest absolute Gasteiger partial charge is 0.382 e. The van der Waals surface area contributed by atoms with Crippen LogP contribution in [-0.4, -0.2) is 23.0 Å². The average Bonchev–Trinajstić information content (AvgIpc) is 3.21. The Morgan fingerprint density at radius 1 is 1.43 bits per heavy atom. The van der Waals surface area contributed by atoms with Crippen LogP contribution in [0.4, 0.5) is 10.8 Å². The molecule has 0 amide bonds. The van der Waals surface area contributed by atoms with Crippen LogP contribution in [0.3, 0.4) is 0 Å². The average molecular weight is 324 g/mol. The van der Waals surface area contributed by atoms with E-state index in [0.29, 0.717) is 24.4 Å². The van der Waals surface area contributed by atoms with Crippen molar-refractivity contribution in [3.05, 3.63) is 29.6 Å². The van der Waals surface area contributed by atoms with Crippen molar-refractivity contribution in [3.63, 3.8) is 0 Å².